The summed E-state index contributed by atoms with van der Waals surface area (Å²) in [6, 6.07) is 0. The standard InChI is InChI=1S/C2H2O6S2/c3-9-5-1-2(7-9)8-10(4)6-1/h1-2H. The molecule has 2 rings (SSSR count). The summed E-state index contributed by atoms with van der Waals surface area (Å²) in [5, 5.41) is 0. The molecule has 0 unspecified atom stereocenters. The van der Waals surface area contributed by atoms with Gasteiger partial charge in [-0.1, -0.05) is 0 Å². The molecule has 2 aliphatic heterocycles. The summed E-state index contributed by atoms with van der Waals surface area (Å²) in [7, 11) is 0. The average molecular weight is 186 g/mol. The average Bonchev–Trinajstić information content (AvgIpc) is 2.21. The van der Waals surface area contributed by atoms with E-state index in [1.54, 1.807) is 0 Å². The summed E-state index contributed by atoms with van der Waals surface area (Å²) >= 11 is -3.66. The first-order chi connectivity index (χ1) is 4.75. The first-order valence-corrected chi connectivity index (χ1v) is 4.28. The molecule has 0 N–H and O–H groups in total. The molecular formula is C2H2O6S2. The Morgan fingerprint density at radius 2 is 1.10 bits per heavy atom. The third-order valence-electron chi connectivity index (χ3n) is 0.916. The van der Waals surface area contributed by atoms with Gasteiger partial charge in [-0.3, -0.25) is 0 Å². The van der Waals surface area contributed by atoms with E-state index in [0.717, 1.165) is 0 Å². The van der Waals surface area contributed by atoms with Crippen LogP contribution in [-0.4, -0.2) is 21.0 Å². The van der Waals surface area contributed by atoms with Gasteiger partial charge in [0, 0.05) is 0 Å². The number of hydrogen-bond donors (Lipinski definition) is 0. The monoisotopic (exact) mass is 186 g/mol. The SMILES string of the molecule is O=S1OC2OS(=O)OC2O1. The zero-order chi connectivity index (χ0) is 7.14. The summed E-state index contributed by atoms with van der Waals surface area (Å²) in [4.78, 5) is 0. The molecule has 0 aromatic heterocycles. The van der Waals surface area contributed by atoms with Crippen molar-refractivity contribution in [3.05, 3.63) is 0 Å². The van der Waals surface area contributed by atoms with Gasteiger partial charge in [0.2, 0.25) is 12.6 Å². The Hall–Kier alpha value is 0.140. The van der Waals surface area contributed by atoms with Gasteiger partial charge in [0.25, 0.3) is 0 Å². The minimum absolute atomic E-state index is 0.915. The maximum Gasteiger partial charge on any atom is 0.310 e. The van der Waals surface area contributed by atoms with Gasteiger partial charge in [-0.2, -0.15) is 8.42 Å². The van der Waals surface area contributed by atoms with Crippen LogP contribution in [0.25, 0.3) is 0 Å². The molecule has 0 amide bonds. The van der Waals surface area contributed by atoms with E-state index in [-0.39, 0.29) is 0 Å². The van der Waals surface area contributed by atoms with E-state index in [4.69, 9.17) is 0 Å². The highest BCUT2D eigenvalue weighted by Crippen LogP contribution is 2.27. The van der Waals surface area contributed by atoms with Crippen molar-refractivity contribution in [3.63, 3.8) is 0 Å². The van der Waals surface area contributed by atoms with Gasteiger partial charge < -0.3 is 0 Å². The molecule has 0 radical (unpaired) electrons. The Kier molecular flexibility index (Phi) is 1.59. The van der Waals surface area contributed by atoms with Crippen molar-refractivity contribution in [1.29, 1.82) is 0 Å². The van der Waals surface area contributed by atoms with E-state index in [1.807, 2.05) is 0 Å². The molecule has 0 atom stereocenters. The molecule has 10 heavy (non-hydrogen) atoms. The van der Waals surface area contributed by atoms with E-state index in [2.05, 4.69) is 16.7 Å². The largest absolute Gasteiger partial charge is 0.310 e. The Balaban J connectivity index is 2.12. The maximum atomic E-state index is 10.4. The van der Waals surface area contributed by atoms with Crippen LogP contribution in [0.15, 0.2) is 0 Å². The zero-order valence-corrected chi connectivity index (χ0v) is 6.05. The van der Waals surface area contributed by atoms with Gasteiger partial charge in [0.05, 0.1) is 0 Å². The quantitative estimate of drug-likeness (QED) is 0.477. The predicted octanol–water partition coefficient (Wildman–Crippen LogP) is -1.11. The van der Waals surface area contributed by atoms with Crippen LogP contribution in [0.4, 0.5) is 0 Å². The fourth-order valence-corrected chi connectivity index (χ4v) is 1.90. The Morgan fingerprint density at radius 1 is 0.800 bits per heavy atom. The Bertz CT molecular complexity index is 164. The van der Waals surface area contributed by atoms with Crippen LogP contribution >= 0.6 is 0 Å². The van der Waals surface area contributed by atoms with E-state index in [1.165, 1.54) is 0 Å². The fourth-order valence-electron chi connectivity index (χ4n) is 0.569. The van der Waals surface area contributed by atoms with Crippen molar-refractivity contribution in [2.75, 3.05) is 0 Å². The molecule has 0 bridgehead atoms. The zero-order valence-electron chi connectivity index (χ0n) is 4.42. The third-order valence-corrected chi connectivity index (χ3v) is 2.30. The molecule has 0 aromatic carbocycles. The number of fused-ring (bicyclic) bond motifs is 1. The molecule has 8 heteroatoms. The van der Waals surface area contributed by atoms with Crippen LogP contribution in [0, 0.1) is 0 Å². The van der Waals surface area contributed by atoms with Gasteiger partial charge >= 0.3 is 22.7 Å². The Labute approximate surface area is 61.1 Å². The first-order valence-electron chi connectivity index (χ1n) is 2.28. The maximum absolute atomic E-state index is 10.4. The molecule has 58 valence electrons. The van der Waals surface area contributed by atoms with Gasteiger partial charge in [0.1, 0.15) is 0 Å². The molecule has 0 aromatic rings. The highest BCUT2D eigenvalue weighted by atomic mass is 32.2. The van der Waals surface area contributed by atoms with Crippen LogP contribution in [0.3, 0.4) is 0 Å². The van der Waals surface area contributed by atoms with Crippen molar-refractivity contribution >= 4 is 22.7 Å². The van der Waals surface area contributed by atoms with Crippen LogP contribution in [-0.2, 0) is 39.5 Å². The summed E-state index contributed by atoms with van der Waals surface area (Å²) in [6.07, 6.45) is -1.83. The predicted molar refractivity (Wildman–Crippen MR) is 28.2 cm³/mol. The fraction of sp³-hybridized carbons (Fsp3) is 1.00. The molecule has 2 saturated heterocycles. The molecule has 6 nitrogen and oxygen atoms in total. The smallest absolute Gasteiger partial charge is 0.229 e. The second-order valence-corrected chi connectivity index (χ2v) is 3.12. The van der Waals surface area contributed by atoms with Gasteiger partial charge in [-0.25, -0.2) is 16.7 Å². The highest BCUT2D eigenvalue weighted by Gasteiger charge is 2.46. The summed E-state index contributed by atoms with van der Waals surface area (Å²) in [5.74, 6) is 0. The summed E-state index contributed by atoms with van der Waals surface area (Å²) in [6.45, 7) is 0. The minimum Gasteiger partial charge on any atom is -0.229 e. The lowest BCUT2D eigenvalue weighted by atomic mass is 10.6. The second kappa shape index (κ2) is 2.32. The number of hydrogen-bond acceptors (Lipinski definition) is 6. The highest BCUT2D eigenvalue weighted by molar-refractivity contribution is 7.76. The van der Waals surface area contributed by atoms with Crippen LogP contribution < -0.4 is 0 Å². The molecule has 0 spiro atoms. The summed E-state index contributed by atoms with van der Waals surface area (Å²) < 4.78 is 38.6. The van der Waals surface area contributed by atoms with E-state index in [9.17, 15) is 8.42 Å². The lowest BCUT2D eigenvalue weighted by Gasteiger charge is -1.93. The van der Waals surface area contributed by atoms with Crippen molar-refractivity contribution in [1.82, 2.24) is 0 Å². The van der Waals surface area contributed by atoms with Crippen LogP contribution in [0.1, 0.15) is 0 Å². The van der Waals surface area contributed by atoms with Gasteiger partial charge in [-0.05, 0) is 0 Å². The number of rotatable bonds is 0. The molecule has 0 saturated carbocycles. The lowest BCUT2D eigenvalue weighted by molar-refractivity contribution is -0.0419. The van der Waals surface area contributed by atoms with E-state index < -0.39 is 35.3 Å². The molecule has 2 aliphatic rings. The lowest BCUT2D eigenvalue weighted by Crippen LogP contribution is -2.16. The third kappa shape index (κ3) is 1.02. The van der Waals surface area contributed by atoms with Crippen LogP contribution in [0.2, 0.25) is 0 Å². The van der Waals surface area contributed by atoms with Crippen molar-refractivity contribution in [2.24, 2.45) is 0 Å². The van der Waals surface area contributed by atoms with Crippen LogP contribution in [0.5, 0.6) is 0 Å². The normalized spacial score (nSPS) is 53.2. The van der Waals surface area contributed by atoms with E-state index >= 15 is 0 Å². The molecule has 2 heterocycles. The molecular weight excluding hydrogens is 184 g/mol. The molecule has 2 fully saturated rings. The van der Waals surface area contributed by atoms with Gasteiger partial charge in [-0.15, -0.1) is 0 Å². The minimum atomic E-state index is -1.83. The topological polar surface area (TPSA) is 71.1 Å². The first kappa shape index (κ1) is 6.83. The van der Waals surface area contributed by atoms with Crippen molar-refractivity contribution in [3.8, 4) is 0 Å². The molecule has 0 aliphatic carbocycles. The van der Waals surface area contributed by atoms with E-state index in [0.29, 0.717) is 0 Å². The second-order valence-electron chi connectivity index (χ2n) is 1.53. The Morgan fingerprint density at radius 3 is 1.40 bits per heavy atom. The van der Waals surface area contributed by atoms with Crippen molar-refractivity contribution in [2.45, 2.75) is 12.6 Å². The van der Waals surface area contributed by atoms with Crippen molar-refractivity contribution < 1.29 is 25.2 Å². The van der Waals surface area contributed by atoms with Gasteiger partial charge in [0.15, 0.2) is 0 Å². The summed E-state index contributed by atoms with van der Waals surface area (Å²) in [5.41, 5.74) is 0.